The lowest BCUT2D eigenvalue weighted by Gasteiger charge is -2.18. The second-order valence-corrected chi connectivity index (χ2v) is 5.63. The Hall–Kier alpha value is -3.62. The van der Waals surface area contributed by atoms with Gasteiger partial charge in [0.1, 0.15) is 19.0 Å². The number of non-ortho nitro benzene ring substituents is 1. The number of fused-ring (bicyclic) bond motifs is 1. The van der Waals surface area contributed by atoms with Gasteiger partial charge in [-0.05, 0) is 31.2 Å². The average Bonchev–Trinajstić information content (AvgIpc) is 2.70. The molecule has 0 aromatic heterocycles. The highest BCUT2D eigenvalue weighted by atomic mass is 16.6. The largest absolute Gasteiger partial charge is 0.486 e. The highest BCUT2D eigenvalue weighted by Crippen LogP contribution is 2.30. The molecule has 3 rings (SSSR count). The molecule has 0 aliphatic carbocycles. The molecule has 0 fully saturated rings. The first kappa shape index (κ1) is 18.2. The number of nitro benzene ring substituents is 1. The Morgan fingerprint density at radius 3 is 2.78 bits per heavy atom. The zero-order valence-corrected chi connectivity index (χ0v) is 14.5. The second-order valence-electron chi connectivity index (χ2n) is 5.63. The van der Waals surface area contributed by atoms with Crippen molar-refractivity contribution < 1.29 is 23.9 Å². The van der Waals surface area contributed by atoms with Gasteiger partial charge in [0.25, 0.3) is 11.6 Å². The number of hydrogen-bond acceptors (Lipinski definition) is 7. The number of amides is 1. The van der Waals surface area contributed by atoms with Gasteiger partial charge in [-0.15, -0.1) is 0 Å². The monoisotopic (exact) mass is 371 g/mol. The fourth-order valence-electron chi connectivity index (χ4n) is 2.35. The quantitative estimate of drug-likeness (QED) is 0.474. The molecule has 2 aromatic rings. The molecule has 1 N–H and O–H groups in total. The molecule has 0 saturated carbocycles. The van der Waals surface area contributed by atoms with Crippen LogP contribution in [0.25, 0.3) is 0 Å². The minimum absolute atomic E-state index is 0.111. The van der Waals surface area contributed by atoms with Crippen molar-refractivity contribution >= 4 is 17.3 Å². The third-order valence-electron chi connectivity index (χ3n) is 3.71. The van der Waals surface area contributed by atoms with E-state index in [1.54, 1.807) is 19.1 Å². The summed E-state index contributed by atoms with van der Waals surface area (Å²) in [5.74, 6) is 1.05. The van der Waals surface area contributed by atoms with Crippen molar-refractivity contribution in [2.75, 3.05) is 19.8 Å². The molecule has 140 valence electrons. The number of carbonyl (C=O) groups excluding carboxylic acids is 1. The van der Waals surface area contributed by atoms with Crippen molar-refractivity contribution in [2.24, 2.45) is 5.10 Å². The first-order chi connectivity index (χ1) is 13.0. The lowest BCUT2D eigenvalue weighted by molar-refractivity contribution is -0.384. The van der Waals surface area contributed by atoms with Gasteiger partial charge in [-0.3, -0.25) is 14.9 Å². The summed E-state index contributed by atoms with van der Waals surface area (Å²) in [7, 11) is 0. The summed E-state index contributed by atoms with van der Waals surface area (Å²) < 4.78 is 16.2. The summed E-state index contributed by atoms with van der Waals surface area (Å²) >= 11 is 0. The van der Waals surface area contributed by atoms with Crippen molar-refractivity contribution in [3.05, 3.63) is 58.1 Å². The van der Waals surface area contributed by atoms with Crippen molar-refractivity contribution in [2.45, 2.75) is 6.92 Å². The smallest absolute Gasteiger partial charge is 0.277 e. The van der Waals surface area contributed by atoms with Gasteiger partial charge in [-0.1, -0.05) is 6.07 Å². The van der Waals surface area contributed by atoms with Crippen LogP contribution in [0, 0.1) is 10.1 Å². The summed E-state index contributed by atoms with van der Waals surface area (Å²) in [5, 5.41) is 14.8. The lowest BCUT2D eigenvalue weighted by Crippen LogP contribution is -2.25. The number of hydrogen-bond donors (Lipinski definition) is 1. The maximum Gasteiger partial charge on any atom is 0.277 e. The molecule has 0 bridgehead atoms. The van der Waals surface area contributed by atoms with Gasteiger partial charge in [-0.25, -0.2) is 5.43 Å². The van der Waals surface area contributed by atoms with Gasteiger partial charge in [0.05, 0.1) is 16.7 Å². The third-order valence-corrected chi connectivity index (χ3v) is 3.71. The van der Waals surface area contributed by atoms with Crippen molar-refractivity contribution in [1.29, 1.82) is 0 Å². The van der Waals surface area contributed by atoms with E-state index in [2.05, 4.69) is 10.5 Å². The number of hydrazone groups is 1. The van der Waals surface area contributed by atoms with E-state index in [1.165, 1.54) is 24.3 Å². The molecule has 0 spiro atoms. The Labute approximate surface area is 154 Å². The highest BCUT2D eigenvalue weighted by Gasteiger charge is 2.13. The highest BCUT2D eigenvalue weighted by molar-refractivity contribution is 5.99. The Morgan fingerprint density at radius 1 is 1.22 bits per heavy atom. The SMILES string of the molecule is C/C(=N\NC(=O)COc1cccc([N+](=O)[O-])c1)c1ccc2c(c1)OCCO2. The van der Waals surface area contributed by atoms with E-state index in [4.69, 9.17) is 14.2 Å². The van der Waals surface area contributed by atoms with Crippen LogP contribution in [0.15, 0.2) is 47.6 Å². The standard InChI is InChI=1S/C18H17N3O6/c1-12(13-5-6-16-17(9-13)26-8-7-25-16)19-20-18(22)11-27-15-4-2-3-14(10-15)21(23)24/h2-6,9-10H,7-8,11H2,1H3,(H,20,22)/b19-12+. The van der Waals surface area contributed by atoms with Gasteiger partial charge in [0.2, 0.25) is 0 Å². The van der Waals surface area contributed by atoms with Crippen LogP contribution in [-0.2, 0) is 4.79 Å². The fraction of sp³-hybridized carbons (Fsp3) is 0.222. The van der Waals surface area contributed by atoms with Crippen molar-refractivity contribution in [1.82, 2.24) is 5.43 Å². The molecule has 9 heteroatoms. The zero-order chi connectivity index (χ0) is 19.2. The summed E-state index contributed by atoms with van der Waals surface area (Å²) in [5.41, 5.74) is 3.63. The van der Waals surface area contributed by atoms with E-state index in [1.807, 2.05) is 6.07 Å². The minimum atomic E-state index is -0.534. The summed E-state index contributed by atoms with van der Waals surface area (Å²) in [6, 6.07) is 11.0. The van der Waals surface area contributed by atoms with E-state index in [-0.39, 0.29) is 18.0 Å². The zero-order valence-electron chi connectivity index (χ0n) is 14.5. The molecule has 0 unspecified atom stereocenters. The Bertz CT molecular complexity index is 896. The van der Waals surface area contributed by atoms with Crippen LogP contribution >= 0.6 is 0 Å². The summed E-state index contributed by atoms with van der Waals surface area (Å²) in [4.78, 5) is 22.1. The minimum Gasteiger partial charge on any atom is -0.486 e. The molecule has 0 radical (unpaired) electrons. The van der Waals surface area contributed by atoms with Crippen LogP contribution in [0.5, 0.6) is 17.2 Å². The van der Waals surface area contributed by atoms with Crippen LogP contribution in [0.1, 0.15) is 12.5 Å². The normalized spacial score (nSPS) is 13.0. The molecular weight excluding hydrogens is 354 g/mol. The molecule has 1 aliphatic rings. The number of carbonyl (C=O) groups is 1. The van der Waals surface area contributed by atoms with E-state index in [0.717, 1.165) is 5.56 Å². The summed E-state index contributed by atoms with van der Waals surface area (Å²) in [6.07, 6.45) is 0. The van der Waals surface area contributed by atoms with Crippen LogP contribution in [0.2, 0.25) is 0 Å². The Morgan fingerprint density at radius 2 is 2.00 bits per heavy atom. The van der Waals surface area contributed by atoms with E-state index in [9.17, 15) is 14.9 Å². The van der Waals surface area contributed by atoms with Gasteiger partial charge in [-0.2, -0.15) is 5.10 Å². The first-order valence-corrected chi connectivity index (χ1v) is 8.13. The molecule has 9 nitrogen and oxygen atoms in total. The number of nitro groups is 1. The number of rotatable bonds is 6. The van der Waals surface area contributed by atoms with Crippen LogP contribution in [0.3, 0.4) is 0 Å². The molecule has 27 heavy (non-hydrogen) atoms. The Balaban J connectivity index is 1.56. The molecule has 1 aliphatic heterocycles. The molecule has 0 saturated heterocycles. The van der Waals surface area contributed by atoms with Gasteiger partial charge >= 0.3 is 0 Å². The van der Waals surface area contributed by atoms with E-state index >= 15 is 0 Å². The average molecular weight is 371 g/mol. The van der Waals surface area contributed by atoms with Crippen LogP contribution in [0.4, 0.5) is 5.69 Å². The third kappa shape index (κ3) is 4.72. The number of nitrogens with zero attached hydrogens (tertiary/aromatic N) is 2. The molecule has 2 aromatic carbocycles. The predicted molar refractivity (Wildman–Crippen MR) is 96.4 cm³/mol. The van der Waals surface area contributed by atoms with Crippen LogP contribution < -0.4 is 19.6 Å². The van der Waals surface area contributed by atoms with E-state index < -0.39 is 10.8 Å². The number of nitrogens with one attached hydrogen (secondary N) is 1. The topological polar surface area (TPSA) is 112 Å². The van der Waals surface area contributed by atoms with Crippen molar-refractivity contribution in [3.8, 4) is 17.2 Å². The van der Waals surface area contributed by atoms with Crippen molar-refractivity contribution in [3.63, 3.8) is 0 Å². The van der Waals surface area contributed by atoms with E-state index in [0.29, 0.717) is 30.4 Å². The maximum atomic E-state index is 11.9. The lowest BCUT2D eigenvalue weighted by atomic mass is 10.1. The molecule has 0 atom stereocenters. The maximum absolute atomic E-state index is 11.9. The first-order valence-electron chi connectivity index (χ1n) is 8.13. The molecule has 1 amide bonds. The molecule has 1 heterocycles. The van der Waals surface area contributed by atoms with Gasteiger partial charge in [0, 0.05) is 11.6 Å². The predicted octanol–water partition coefficient (Wildman–Crippen LogP) is 2.29. The van der Waals surface area contributed by atoms with Gasteiger partial charge in [0.15, 0.2) is 18.1 Å². The molecular formula is C18H17N3O6. The number of benzene rings is 2. The van der Waals surface area contributed by atoms with Crippen LogP contribution in [-0.4, -0.2) is 36.4 Å². The summed E-state index contributed by atoms with van der Waals surface area (Å²) in [6.45, 7) is 2.42. The second kappa shape index (κ2) is 8.17. The van der Waals surface area contributed by atoms with Gasteiger partial charge < -0.3 is 14.2 Å². The number of ether oxygens (including phenoxy) is 3. The Kier molecular flexibility index (Phi) is 5.50. The fourth-order valence-corrected chi connectivity index (χ4v) is 2.35.